The van der Waals surface area contributed by atoms with E-state index in [0.717, 1.165) is 6.42 Å². The largest absolute Gasteiger partial charge is 2.00 e. The topological polar surface area (TPSA) is 0 Å². The van der Waals surface area contributed by atoms with Crippen molar-refractivity contribution in [2.75, 3.05) is 0 Å². The van der Waals surface area contributed by atoms with E-state index in [2.05, 4.69) is 48.5 Å². The Kier molecular flexibility index (Phi) is 5.15. The molecule has 0 saturated carbocycles. The SMILES string of the molecule is [Ni+2].[c-]1cccc2c1Cc1ccccc1-2.[c-]1ccccc1. The molecule has 0 atom stereocenters. The minimum Gasteiger partial charge on any atom is -0.184 e. The third kappa shape index (κ3) is 3.18. The molecule has 0 nitrogen and oxygen atoms in total. The molecule has 0 fully saturated rings. The van der Waals surface area contributed by atoms with Gasteiger partial charge in [-0.05, 0) is 6.42 Å². The second-order valence-electron chi connectivity index (χ2n) is 4.47. The fourth-order valence-electron chi connectivity index (χ4n) is 2.34. The van der Waals surface area contributed by atoms with Gasteiger partial charge in [-0.3, -0.25) is 0 Å². The monoisotopic (exact) mass is 300 g/mol. The first-order valence-electron chi connectivity index (χ1n) is 6.44. The summed E-state index contributed by atoms with van der Waals surface area (Å²) >= 11 is 0. The Bertz CT molecular complexity index is 589. The number of rotatable bonds is 0. The van der Waals surface area contributed by atoms with Gasteiger partial charge < -0.3 is 0 Å². The summed E-state index contributed by atoms with van der Waals surface area (Å²) < 4.78 is 0. The predicted octanol–water partition coefficient (Wildman–Crippen LogP) is 4.54. The molecular weight excluding hydrogens is 287 g/mol. The van der Waals surface area contributed by atoms with Crippen LogP contribution in [0.3, 0.4) is 0 Å². The van der Waals surface area contributed by atoms with E-state index in [9.17, 15) is 0 Å². The van der Waals surface area contributed by atoms with Gasteiger partial charge in [0, 0.05) is 0 Å². The van der Waals surface area contributed by atoms with Gasteiger partial charge in [0.15, 0.2) is 0 Å². The maximum Gasteiger partial charge on any atom is 2.00 e. The Morgan fingerprint density at radius 3 is 2.15 bits per heavy atom. The molecule has 0 heterocycles. The van der Waals surface area contributed by atoms with Gasteiger partial charge in [0.05, 0.1) is 0 Å². The average Bonchev–Trinajstić information content (AvgIpc) is 2.88. The molecule has 0 N–H and O–H groups in total. The molecule has 0 aliphatic heterocycles. The third-order valence-corrected chi connectivity index (χ3v) is 3.22. The number of hydrogen-bond donors (Lipinski definition) is 0. The summed E-state index contributed by atoms with van der Waals surface area (Å²) in [4.78, 5) is 0. The molecule has 3 aromatic carbocycles. The second-order valence-corrected chi connectivity index (χ2v) is 4.47. The number of benzene rings is 3. The van der Waals surface area contributed by atoms with Gasteiger partial charge in [0.1, 0.15) is 0 Å². The van der Waals surface area contributed by atoms with Crippen LogP contribution in [-0.2, 0) is 22.9 Å². The van der Waals surface area contributed by atoms with Crippen LogP contribution in [0.1, 0.15) is 11.1 Å². The standard InChI is InChI=1S/C13H9.C6H5.Ni/c1-3-7-12-10(5-1)9-11-6-2-4-8-13(11)12;1-2-4-6-5-3-1;/h1-5,7-8H,9H2;1-5H;/q2*-1;+2. The normalized spacial score (nSPS) is 10.4. The van der Waals surface area contributed by atoms with Crippen molar-refractivity contribution >= 4 is 0 Å². The molecule has 1 aliphatic rings. The van der Waals surface area contributed by atoms with Crippen molar-refractivity contribution in [2.45, 2.75) is 6.42 Å². The molecule has 0 radical (unpaired) electrons. The molecule has 0 bridgehead atoms. The van der Waals surface area contributed by atoms with Crippen molar-refractivity contribution in [3.8, 4) is 11.1 Å². The fraction of sp³-hybridized carbons (Fsp3) is 0.0526. The van der Waals surface area contributed by atoms with Crippen molar-refractivity contribution < 1.29 is 16.5 Å². The van der Waals surface area contributed by atoms with Gasteiger partial charge in [-0.1, -0.05) is 35.4 Å². The van der Waals surface area contributed by atoms with Gasteiger partial charge in [0.2, 0.25) is 0 Å². The Labute approximate surface area is 130 Å². The van der Waals surface area contributed by atoms with Crippen LogP contribution in [-0.4, -0.2) is 0 Å². The van der Waals surface area contributed by atoms with E-state index in [1.807, 2.05) is 36.4 Å². The summed E-state index contributed by atoms with van der Waals surface area (Å²) in [5, 5.41) is 0. The van der Waals surface area contributed by atoms with E-state index >= 15 is 0 Å². The van der Waals surface area contributed by atoms with Gasteiger partial charge in [-0.2, -0.15) is 66.2 Å². The molecule has 3 aromatic rings. The first-order chi connectivity index (χ1) is 9.45. The second kappa shape index (κ2) is 7.07. The van der Waals surface area contributed by atoms with Crippen LogP contribution < -0.4 is 0 Å². The van der Waals surface area contributed by atoms with Crippen LogP contribution in [0.5, 0.6) is 0 Å². The minimum absolute atomic E-state index is 0. The van der Waals surface area contributed by atoms with E-state index in [-0.39, 0.29) is 16.5 Å². The summed E-state index contributed by atoms with van der Waals surface area (Å²) in [6.07, 6.45) is 1.05. The Hall–Kier alpha value is -1.85. The van der Waals surface area contributed by atoms with Crippen LogP contribution >= 0.6 is 0 Å². The summed E-state index contributed by atoms with van der Waals surface area (Å²) in [5.41, 5.74) is 5.51. The summed E-state index contributed by atoms with van der Waals surface area (Å²) in [5.74, 6) is 0. The molecule has 0 saturated heterocycles. The van der Waals surface area contributed by atoms with Gasteiger partial charge in [0.25, 0.3) is 0 Å². The molecule has 1 heteroatoms. The Morgan fingerprint density at radius 1 is 0.700 bits per heavy atom. The summed E-state index contributed by atoms with van der Waals surface area (Å²) in [7, 11) is 0. The molecule has 0 amide bonds. The molecule has 20 heavy (non-hydrogen) atoms. The fourth-order valence-corrected chi connectivity index (χ4v) is 2.34. The van der Waals surface area contributed by atoms with E-state index in [1.165, 1.54) is 22.3 Å². The minimum atomic E-state index is 0. The first-order valence-corrected chi connectivity index (χ1v) is 6.44. The van der Waals surface area contributed by atoms with Crippen LogP contribution in [0.2, 0.25) is 0 Å². The Balaban J connectivity index is 0.000000180. The zero-order chi connectivity index (χ0) is 12.9. The zero-order valence-corrected chi connectivity index (χ0v) is 11.9. The molecule has 100 valence electrons. The van der Waals surface area contributed by atoms with Gasteiger partial charge in [-0.25, -0.2) is 0 Å². The van der Waals surface area contributed by atoms with E-state index < -0.39 is 0 Å². The molecule has 4 rings (SSSR count). The van der Waals surface area contributed by atoms with E-state index in [1.54, 1.807) is 0 Å². The van der Waals surface area contributed by atoms with Crippen molar-refractivity contribution in [1.82, 2.24) is 0 Å². The van der Waals surface area contributed by atoms with Crippen molar-refractivity contribution in [3.05, 3.63) is 96.1 Å². The number of fused-ring (bicyclic) bond motifs is 3. The molecule has 0 aromatic heterocycles. The van der Waals surface area contributed by atoms with Crippen LogP contribution in [0, 0.1) is 12.1 Å². The first kappa shape index (κ1) is 14.6. The smallest absolute Gasteiger partial charge is 0.184 e. The summed E-state index contributed by atoms with van der Waals surface area (Å²) in [6.45, 7) is 0. The van der Waals surface area contributed by atoms with Crippen molar-refractivity contribution in [3.63, 3.8) is 0 Å². The van der Waals surface area contributed by atoms with Gasteiger partial charge >= 0.3 is 16.5 Å². The quantitative estimate of drug-likeness (QED) is 0.330. The number of hydrogen-bond acceptors (Lipinski definition) is 0. The average molecular weight is 301 g/mol. The molecule has 0 unspecified atom stereocenters. The van der Waals surface area contributed by atoms with Crippen molar-refractivity contribution in [1.29, 1.82) is 0 Å². The van der Waals surface area contributed by atoms with E-state index in [0.29, 0.717) is 0 Å². The predicted molar refractivity (Wildman–Crippen MR) is 78.8 cm³/mol. The van der Waals surface area contributed by atoms with Gasteiger partial charge in [-0.15, -0.1) is 5.56 Å². The van der Waals surface area contributed by atoms with Crippen LogP contribution in [0.15, 0.2) is 72.8 Å². The van der Waals surface area contributed by atoms with E-state index in [4.69, 9.17) is 0 Å². The molecule has 0 spiro atoms. The maximum atomic E-state index is 3.30. The summed E-state index contributed by atoms with van der Waals surface area (Å²) in [6, 6.07) is 30.6. The molecule has 1 aliphatic carbocycles. The Morgan fingerprint density at radius 2 is 1.45 bits per heavy atom. The van der Waals surface area contributed by atoms with Crippen LogP contribution in [0.25, 0.3) is 11.1 Å². The van der Waals surface area contributed by atoms with Crippen LogP contribution in [0.4, 0.5) is 0 Å². The maximum absolute atomic E-state index is 3.30. The van der Waals surface area contributed by atoms with Crippen molar-refractivity contribution in [2.24, 2.45) is 0 Å². The molecular formula is C19H14Ni. The zero-order valence-electron chi connectivity index (χ0n) is 11.0. The third-order valence-electron chi connectivity index (χ3n) is 3.22.